The van der Waals surface area contributed by atoms with Crippen LogP contribution in [0.4, 0.5) is 14.7 Å². The van der Waals surface area contributed by atoms with Gasteiger partial charge in [0.05, 0.1) is 10.4 Å². The lowest BCUT2D eigenvalue weighted by atomic mass is 9.91. The number of anilines is 1. The van der Waals surface area contributed by atoms with Gasteiger partial charge < -0.3 is 20.1 Å². The Bertz CT molecular complexity index is 881. The Balaban J connectivity index is 2.02. The van der Waals surface area contributed by atoms with E-state index >= 15 is 0 Å². The smallest absolute Gasteiger partial charge is 0.408 e. The van der Waals surface area contributed by atoms with Crippen LogP contribution in [0, 0.1) is 5.92 Å². The molecule has 3 amide bonds. The molecule has 2 rings (SSSR count). The summed E-state index contributed by atoms with van der Waals surface area (Å²) in [7, 11) is 0. The van der Waals surface area contributed by atoms with Gasteiger partial charge in [-0.2, -0.15) is 0 Å². The van der Waals surface area contributed by atoms with Gasteiger partial charge in [-0.1, -0.05) is 51.4 Å². The SMILES string of the molecule is CCC(CCC(C)C)N(C(=O)Nc1ncc(SC[C@@H](NC(=O)OC(C)(C)C)C(=O)O)s1)C1CCCCC1. The van der Waals surface area contributed by atoms with Crippen LogP contribution in [0.25, 0.3) is 0 Å². The molecule has 1 heterocycles. The van der Waals surface area contributed by atoms with E-state index in [2.05, 4.69) is 41.3 Å². The first-order valence-corrected chi connectivity index (χ1v) is 15.1. The van der Waals surface area contributed by atoms with Gasteiger partial charge in [-0.3, -0.25) is 5.32 Å². The number of carbonyl (C=O) groups excluding carboxylic acids is 2. The zero-order valence-electron chi connectivity index (χ0n) is 23.0. The summed E-state index contributed by atoms with van der Waals surface area (Å²) in [6.07, 6.45) is 9.41. The molecule has 0 radical (unpaired) electrons. The fraction of sp³-hybridized carbons (Fsp3) is 0.769. The van der Waals surface area contributed by atoms with Crippen LogP contribution in [0.5, 0.6) is 0 Å². The number of carboxylic acids is 1. The molecule has 210 valence electrons. The fourth-order valence-corrected chi connectivity index (χ4v) is 6.28. The van der Waals surface area contributed by atoms with E-state index < -0.39 is 23.7 Å². The zero-order chi connectivity index (χ0) is 27.6. The second kappa shape index (κ2) is 14.8. The van der Waals surface area contributed by atoms with Gasteiger partial charge in [0.25, 0.3) is 0 Å². The maximum atomic E-state index is 13.5. The van der Waals surface area contributed by atoms with Crippen LogP contribution in [0.1, 0.15) is 92.9 Å². The second-order valence-electron chi connectivity index (χ2n) is 11.0. The molecule has 2 atom stereocenters. The number of aromatic nitrogens is 1. The Labute approximate surface area is 229 Å². The molecule has 3 N–H and O–H groups in total. The van der Waals surface area contributed by atoms with E-state index in [1.807, 2.05) is 0 Å². The molecule has 1 unspecified atom stereocenters. The molecule has 0 bridgehead atoms. The number of urea groups is 1. The van der Waals surface area contributed by atoms with Crippen LogP contribution in [0.2, 0.25) is 0 Å². The molecule has 1 fully saturated rings. The van der Waals surface area contributed by atoms with Gasteiger partial charge in [-0.25, -0.2) is 19.4 Å². The van der Waals surface area contributed by atoms with Gasteiger partial charge in [-0.05, 0) is 58.8 Å². The topological polar surface area (TPSA) is 121 Å². The minimum Gasteiger partial charge on any atom is -0.480 e. The van der Waals surface area contributed by atoms with E-state index in [0.717, 1.165) is 49.2 Å². The molecule has 1 saturated carbocycles. The number of amides is 3. The van der Waals surface area contributed by atoms with Gasteiger partial charge in [0, 0.05) is 17.8 Å². The Hall–Kier alpha value is -2.01. The first-order chi connectivity index (χ1) is 17.4. The number of rotatable bonds is 12. The fourth-order valence-electron chi connectivity index (χ4n) is 4.38. The van der Waals surface area contributed by atoms with Crippen molar-refractivity contribution in [2.75, 3.05) is 11.1 Å². The summed E-state index contributed by atoms with van der Waals surface area (Å²) in [5, 5.41) is 15.4. The minimum absolute atomic E-state index is 0.103. The molecule has 1 aliphatic carbocycles. The molecule has 1 aromatic heterocycles. The van der Waals surface area contributed by atoms with Gasteiger partial charge in [0.15, 0.2) is 5.13 Å². The summed E-state index contributed by atoms with van der Waals surface area (Å²) in [6, 6.07) is -0.791. The Morgan fingerprint density at radius 2 is 1.89 bits per heavy atom. The number of aliphatic carboxylic acids is 1. The van der Waals surface area contributed by atoms with Crippen LogP contribution in [0.3, 0.4) is 0 Å². The number of carboxylic acid groups (broad SMARTS) is 1. The monoisotopic (exact) mass is 556 g/mol. The van der Waals surface area contributed by atoms with Crippen LogP contribution >= 0.6 is 23.1 Å². The summed E-state index contributed by atoms with van der Waals surface area (Å²) in [5.41, 5.74) is -0.720. The number of thiazole rings is 1. The molecule has 0 aromatic carbocycles. The average molecular weight is 557 g/mol. The number of hydrogen-bond donors (Lipinski definition) is 3. The van der Waals surface area contributed by atoms with Gasteiger partial charge in [-0.15, -0.1) is 11.8 Å². The Morgan fingerprint density at radius 1 is 1.22 bits per heavy atom. The van der Waals surface area contributed by atoms with E-state index in [1.165, 1.54) is 29.5 Å². The van der Waals surface area contributed by atoms with Crippen molar-refractivity contribution in [2.45, 2.75) is 121 Å². The van der Waals surface area contributed by atoms with Crippen LogP contribution in [-0.4, -0.2) is 62.6 Å². The minimum atomic E-state index is -1.15. The summed E-state index contributed by atoms with van der Waals surface area (Å²) < 4.78 is 5.92. The van der Waals surface area contributed by atoms with Crippen molar-refractivity contribution in [1.82, 2.24) is 15.2 Å². The van der Waals surface area contributed by atoms with Crippen molar-refractivity contribution in [3.63, 3.8) is 0 Å². The Morgan fingerprint density at radius 3 is 2.46 bits per heavy atom. The molecule has 0 saturated heterocycles. The summed E-state index contributed by atoms with van der Waals surface area (Å²) in [5.74, 6) is -0.458. The van der Waals surface area contributed by atoms with Crippen molar-refractivity contribution in [1.29, 1.82) is 0 Å². The predicted octanol–water partition coefficient (Wildman–Crippen LogP) is 6.59. The number of nitrogens with zero attached hydrogens (tertiary/aromatic N) is 2. The lowest BCUT2D eigenvalue weighted by molar-refractivity contribution is -0.138. The van der Waals surface area contributed by atoms with E-state index in [-0.39, 0.29) is 23.9 Å². The molecule has 11 heteroatoms. The number of alkyl carbamates (subject to hydrolysis) is 1. The van der Waals surface area contributed by atoms with Crippen molar-refractivity contribution in [3.8, 4) is 0 Å². The highest BCUT2D eigenvalue weighted by Crippen LogP contribution is 2.31. The van der Waals surface area contributed by atoms with Crippen molar-refractivity contribution in [3.05, 3.63) is 6.20 Å². The number of ether oxygens (including phenoxy) is 1. The highest BCUT2D eigenvalue weighted by molar-refractivity contribution is 8.01. The standard InChI is InChI=1S/C26H44N4O5S2/c1-7-18(14-13-17(2)3)30(19-11-9-8-10-12-19)24(33)29-23-27-15-21(37-23)36-16-20(22(31)32)28-25(34)35-26(4,5)6/h15,17-20H,7-14,16H2,1-6H3,(H,28,34)(H,31,32)(H,27,29,33)/t18?,20-/m1/s1. The predicted molar refractivity (Wildman–Crippen MR) is 150 cm³/mol. The van der Waals surface area contributed by atoms with Crippen molar-refractivity contribution >= 4 is 46.3 Å². The van der Waals surface area contributed by atoms with Crippen molar-refractivity contribution in [2.24, 2.45) is 5.92 Å². The van der Waals surface area contributed by atoms with E-state index in [0.29, 0.717) is 11.0 Å². The number of thioether (sulfide) groups is 1. The molecule has 1 aliphatic rings. The van der Waals surface area contributed by atoms with Gasteiger partial charge in [0.2, 0.25) is 0 Å². The largest absolute Gasteiger partial charge is 0.480 e. The third-order valence-corrected chi connectivity index (χ3v) is 8.43. The molecule has 37 heavy (non-hydrogen) atoms. The second-order valence-corrected chi connectivity index (χ2v) is 13.3. The number of carbonyl (C=O) groups is 3. The molecular formula is C26H44N4O5S2. The van der Waals surface area contributed by atoms with E-state index in [4.69, 9.17) is 4.74 Å². The summed E-state index contributed by atoms with van der Waals surface area (Å²) >= 11 is 2.57. The maximum absolute atomic E-state index is 13.5. The van der Waals surface area contributed by atoms with Crippen LogP contribution in [-0.2, 0) is 9.53 Å². The maximum Gasteiger partial charge on any atom is 0.408 e. The number of nitrogens with one attached hydrogen (secondary N) is 2. The quantitative estimate of drug-likeness (QED) is 0.248. The lowest BCUT2D eigenvalue weighted by Gasteiger charge is -2.40. The zero-order valence-corrected chi connectivity index (χ0v) is 24.7. The molecule has 1 aromatic rings. The number of hydrogen-bond acceptors (Lipinski definition) is 7. The van der Waals surface area contributed by atoms with Crippen molar-refractivity contribution < 1.29 is 24.2 Å². The van der Waals surface area contributed by atoms with Gasteiger partial charge >= 0.3 is 18.1 Å². The highest BCUT2D eigenvalue weighted by atomic mass is 32.2. The first-order valence-electron chi connectivity index (χ1n) is 13.3. The van der Waals surface area contributed by atoms with Crippen LogP contribution in [0.15, 0.2) is 10.4 Å². The van der Waals surface area contributed by atoms with E-state index in [1.54, 1.807) is 27.0 Å². The first kappa shape index (κ1) is 31.2. The molecule has 0 aliphatic heterocycles. The molecule has 0 spiro atoms. The summed E-state index contributed by atoms with van der Waals surface area (Å²) in [6.45, 7) is 11.7. The molecular weight excluding hydrogens is 512 g/mol. The highest BCUT2D eigenvalue weighted by Gasteiger charge is 2.31. The van der Waals surface area contributed by atoms with E-state index in [9.17, 15) is 19.5 Å². The van der Waals surface area contributed by atoms with Gasteiger partial charge in [0.1, 0.15) is 11.6 Å². The molecule has 9 nitrogen and oxygen atoms in total. The third-order valence-electron chi connectivity index (χ3n) is 6.22. The van der Waals surface area contributed by atoms with Crippen LogP contribution < -0.4 is 10.6 Å². The third kappa shape index (κ3) is 11.1. The average Bonchev–Trinajstić information content (AvgIpc) is 3.25. The lowest BCUT2D eigenvalue weighted by Crippen LogP contribution is -2.49. The normalized spacial score (nSPS) is 16.2. The Kier molecular flexibility index (Phi) is 12.5. The summed E-state index contributed by atoms with van der Waals surface area (Å²) in [4.78, 5) is 43.5.